The molecule has 0 spiro atoms. The lowest BCUT2D eigenvalue weighted by molar-refractivity contribution is -0.139. The van der Waals surface area contributed by atoms with Crippen molar-refractivity contribution >= 4 is 29.3 Å². The molecule has 0 aliphatic rings. The van der Waals surface area contributed by atoms with Gasteiger partial charge < -0.3 is 10.1 Å². The van der Waals surface area contributed by atoms with Crippen LogP contribution in [0.3, 0.4) is 0 Å². The Bertz CT molecular complexity index is 494. The number of carbonyl (C=O) groups is 2. The molecule has 1 N–H and O–H groups in total. The fraction of sp³-hybridized carbons (Fsp3) is 0.357. The monoisotopic (exact) mass is 292 g/mol. The number of esters is 1. The van der Waals surface area contributed by atoms with Gasteiger partial charge in [0.15, 0.2) is 0 Å². The molecule has 0 saturated carbocycles. The molecule has 0 unspecified atom stereocenters. The average Bonchev–Trinajstić information content (AvgIpc) is 2.45. The van der Waals surface area contributed by atoms with Crippen molar-refractivity contribution in [3.8, 4) is 6.07 Å². The molecule has 1 rings (SSSR count). The van der Waals surface area contributed by atoms with E-state index in [2.05, 4.69) is 5.32 Å². The number of hydrogen-bond donors (Lipinski definition) is 1. The van der Waals surface area contributed by atoms with E-state index >= 15 is 0 Å². The summed E-state index contributed by atoms with van der Waals surface area (Å²) < 4.78 is 4.78. The maximum absolute atomic E-state index is 11.6. The predicted octanol–water partition coefficient (Wildman–Crippen LogP) is 2.18. The molecule has 6 heteroatoms. The van der Waals surface area contributed by atoms with E-state index in [4.69, 9.17) is 10.00 Å². The Labute approximate surface area is 122 Å². The van der Waals surface area contributed by atoms with Crippen LogP contribution in [0.2, 0.25) is 0 Å². The van der Waals surface area contributed by atoms with Gasteiger partial charge in [0.1, 0.15) is 0 Å². The quantitative estimate of drug-likeness (QED) is 0.615. The summed E-state index contributed by atoms with van der Waals surface area (Å²) in [6, 6.07) is 8.66. The first-order valence-electron chi connectivity index (χ1n) is 6.19. The number of nitrogens with one attached hydrogen (secondary N) is 1. The lowest BCUT2D eigenvalue weighted by atomic mass is 10.2. The second-order valence-corrected chi connectivity index (χ2v) is 4.95. The van der Waals surface area contributed by atoms with Crippen molar-refractivity contribution in [2.75, 3.05) is 23.4 Å². The molecule has 0 atom stereocenters. The van der Waals surface area contributed by atoms with Crippen molar-refractivity contribution in [2.24, 2.45) is 0 Å². The number of nitriles is 1. The molecule has 106 valence electrons. The normalized spacial score (nSPS) is 9.60. The van der Waals surface area contributed by atoms with Gasteiger partial charge in [0, 0.05) is 17.9 Å². The second kappa shape index (κ2) is 8.99. The number of ether oxygens (including phenoxy) is 1. The standard InChI is InChI=1S/C14H16N2O3S/c1-2-19-14(18)10-20-8-7-13(17)16-12-5-3-11(9-15)4-6-12/h3-6H,2,7-8,10H2,1H3,(H,16,17). The zero-order valence-corrected chi connectivity index (χ0v) is 12.0. The second-order valence-electron chi connectivity index (χ2n) is 3.84. The SMILES string of the molecule is CCOC(=O)CSCCC(=O)Nc1ccc(C#N)cc1. The van der Waals surface area contributed by atoms with Gasteiger partial charge in [0.2, 0.25) is 5.91 Å². The van der Waals surface area contributed by atoms with Gasteiger partial charge in [-0.15, -0.1) is 11.8 Å². The van der Waals surface area contributed by atoms with Gasteiger partial charge in [0.25, 0.3) is 0 Å². The molecule has 0 aliphatic heterocycles. The number of rotatable bonds is 7. The first-order valence-corrected chi connectivity index (χ1v) is 7.34. The smallest absolute Gasteiger partial charge is 0.315 e. The Balaban J connectivity index is 2.23. The summed E-state index contributed by atoms with van der Waals surface area (Å²) in [5.41, 5.74) is 1.21. The Morgan fingerprint density at radius 1 is 1.35 bits per heavy atom. The van der Waals surface area contributed by atoms with Gasteiger partial charge in [-0.1, -0.05) is 0 Å². The minimum absolute atomic E-state index is 0.119. The number of amides is 1. The number of hydrogen-bond acceptors (Lipinski definition) is 5. The number of carbonyl (C=O) groups excluding carboxylic acids is 2. The van der Waals surface area contributed by atoms with Crippen LogP contribution < -0.4 is 5.32 Å². The highest BCUT2D eigenvalue weighted by molar-refractivity contribution is 7.99. The van der Waals surface area contributed by atoms with Crippen LogP contribution in [0.4, 0.5) is 5.69 Å². The van der Waals surface area contributed by atoms with Crippen LogP contribution in [0.25, 0.3) is 0 Å². The fourth-order valence-electron chi connectivity index (χ4n) is 1.37. The summed E-state index contributed by atoms with van der Waals surface area (Å²) in [4.78, 5) is 22.7. The summed E-state index contributed by atoms with van der Waals surface area (Å²) in [7, 11) is 0. The number of benzene rings is 1. The molecular weight excluding hydrogens is 276 g/mol. The van der Waals surface area contributed by atoms with Gasteiger partial charge in [-0.3, -0.25) is 9.59 Å². The molecule has 0 fully saturated rings. The number of anilines is 1. The van der Waals surface area contributed by atoms with Crippen LogP contribution in [0.1, 0.15) is 18.9 Å². The summed E-state index contributed by atoms with van der Waals surface area (Å²) in [6.45, 7) is 2.13. The van der Waals surface area contributed by atoms with Gasteiger partial charge in [0.05, 0.1) is 24.0 Å². The molecule has 1 amide bonds. The number of thioether (sulfide) groups is 1. The van der Waals surface area contributed by atoms with E-state index in [9.17, 15) is 9.59 Å². The summed E-state index contributed by atoms with van der Waals surface area (Å²) in [6.07, 6.45) is 0.323. The van der Waals surface area contributed by atoms with Crippen LogP contribution in [-0.2, 0) is 14.3 Å². The van der Waals surface area contributed by atoms with Crippen molar-refractivity contribution in [3.63, 3.8) is 0 Å². The van der Waals surface area contributed by atoms with Gasteiger partial charge in [-0.05, 0) is 31.2 Å². The van der Waals surface area contributed by atoms with E-state index < -0.39 is 0 Å². The molecule has 0 bridgehead atoms. The summed E-state index contributed by atoms with van der Waals surface area (Å²) >= 11 is 1.37. The third-order valence-corrected chi connectivity index (χ3v) is 3.23. The molecule has 0 radical (unpaired) electrons. The molecule has 0 aliphatic carbocycles. The topological polar surface area (TPSA) is 79.2 Å². The summed E-state index contributed by atoms with van der Waals surface area (Å²) in [5.74, 6) is 0.440. The maximum Gasteiger partial charge on any atom is 0.315 e. The Morgan fingerprint density at radius 3 is 2.65 bits per heavy atom. The van der Waals surface area contributed by atoms with Crippen molar-refractivity contribution < 1.29 is 14.3 Å². The largest absolute Gasteiger partial charge is 0.465 e. The summed E-state index contributed by atoms with van der Waals surface area (Å²) in [5, 5.41) is 11.4. The Kier molecular flexibility index (Phi) is 7.22. The Morgan fingerprint density at radius 2 is 2.05 bits per heavy atom. The molecule has 0 aromatic heterocycles. The van der Waals surface area contributed by atoms with E-state index in [1.807, 2.05) is 6.07 Å². The zero-order valence-electron chi connectivity index (χ0n) is 11.2. The van der Waals surface area contributed by atoms with E-state index in [0.717, 1.165) is 0 Å². The lowest BCUT2D eigenvalue weighted by Crippen LogP contribution is -2.13. The minimum Gasteiger partial charge on any atom is -0.465 e. The number of nitrogens with zero attached hydrogens (tertiary/aromatic N) is 1. The molecule has 1 aromatic carbocycles. The van der Waals surface area contributed by atoms with E-state index in [-0.39, 0.29) is 17.6 Å². The van der Waals surface area contributed by atoms with Crippen molar-refractivity contribution in [3.05, 3.63) is 29.8 Å². The first kappa shape index (κ1) is 16.1. The average molecular weight is 292 g/mol. The van der Waals surface area contributed by atoms with E-state index in [1.165, 1.54) is 11.8 Å². The van der Waals surface area contributed by atoms with Crippen molar-refractivity contribution in [1.29, 1.82) is 5.26 Å². The Hall–Kier alpha value is -2.00. The van der Waals surface area contributed by atoms with Crippen LogP contribution in [-0.4, -0.2) is 30.0 Å². The van der Waals surface area contributed by atoms with E-state index in [0.29, 0.717) is 30.0 Å². The molecule has 0 saturated heterocycles. The highest BCUT2D eigenvalue weighted by Crippen LogP contribution is 2.10. The van der Waals surface area contributed by atoms with Crippen molar-refractivity contribution in [1.82, 2.24) is 0 Å². The molecule has 5 nitrogen and oxygen atoms in total. The van der Waals surface area contributed by atoms with Crippen LogP contribution >= 0.6 is 11.8 Å². The molecule has 20 heavy (non-hydrogen) atoms. The zero-order chi connectivity index (χ0) is 14.8. The van der Waals surface area contributed by atoms with Crippen LogP contribution in [0.15, 0.2) is 24.3 Å². The third-order valence-electron chi connectivity index (χ3n) is 2.30. The lowest BCUT2D eigenvalue weighted by Gasteiger charge is -2.05. The molecule has 1 aromatic rings. The maximum atomic E-state index is 11.6. The van der Waals surface area contributed by atoms with Gasteiger partial charge in [-0.25, -0.2) is 0 Å². The van der Waals surface area contributed by atoms with E-state index in [1.54, 1.807) is 31.2 Å². The highest BCUT2D eigenvalue weighted by Gasteiger charge is 2.05. The van der Waals surface area contributed by atoms with Crippen molar-refractivity contribution in [2.45, 2.75) is 13.3 Å². The first-order chi connectivity index (χ1) is 9.65. The molecular formula is C14H16N2O3S. The molecule has 0 heterocycles. The van der Waals surface area contributed by atoms with Gasteiger partial charge >= 0.3 is 5.97 Å². The third kappa shape index (κ3) is 6.25. The van der Waals surface area contributed by atoms with Crippen LogP contribution in [0, 0.1) is 11.3 Å². The minimum atomic E-state index is -0.259. The van der Waals surface area contributed by atoms with Crippen LogP contribution in [0.5, 0.6) is 0 Å². The highest BCUT2D eigenvalue weighted by atomic mass is 32.2. The van der Waals surface area contributed by atoms with Gasteiger partial charge in [-0.2, -0.15) is 5.26 Å². The fourth-order valence-corrected chi connectivity index (χ4v) is 2.10. The predicted molar refractivity (Wildman–Crippen MR) is 78.4 cm³/mol.